The van der Waals surface area contributed by atoms with Gasteiger partial charge in [0, 0.05) is 0 Å². The Morgan fingerprint density at radius 1 is 1.69 bits per heavy atom. The van der Waals surface area contributed by atoms with Crippen molar-refractivity contribution in [3.05, 3.63) is 23.4 Å². The predicted octanol–water partition coefficient (Wildman–Crippen LogP) is 1.02. The number of rotatable bonds is 3. The molecule has 16 heavy (non-hydrogen) atoms. The number of fused-ring (bicyclic) bond motifs is 1. The summed E-state index contributed by atoms with van der Waals surface area (Å²) in [6, 6.07) is 2.22. The molecule has 0 fully saturated rings. The molecule has 0 aliphatic carbocycles. The zero-order valence-corrected chi connectivity index (χ0v) is 9.64. The van der Waals surface area contributed by atoms with Gasteiger partial charge in [0.25, 0.3) is 0 Å². The second kappa shape index (κ2) is 4.74. The van der Waals surface area contributed by atoms with Gasteiger partial charge in [0.05, 0.1) is 0 Å². The minimum absolute atomic E-state index is 0.255. The van der Waals surface area contributed by atoms with Crippen LogP contribution in [-0.4, -0.2) is 37.1 Å². The van der Waals surface area contributed by atoms with E-state index in [0.717, 1.165) is 20.1 Å². The van der Waals surface area contributed by atoms with Gasteiger partial charge in [-0.05, 0) is 0 Å². The van der Waals surface area contributed by atoms with E-state index in [1.807, 2.05) is 12.3 Å². The minimum atomic E-state index is 0.255. The molecule has 1 aliphatic rings. The number of nitrogens with zero attached hydrogens (tertiary/aromatic N) is 2. The standard InChI is InChI=1S/C11H15BN2O2/c1-8-10-5-11(16-2)13-6-9(10)3-4-14(8)7-12-15/h5-6,8H,3-4,7H2,1-2H3. The Bertz CT molecular complexity index is 398. The molecule has 1 aromatic rings. The van der Waals surface area contributed by atoms with Crippen molar-refractivity contribution in [2.45, 2.75) is 19.4 Å². The van der Waals surface area contributed by atoms with E-state index in [0.29, 0.717) is 12.3 Å². The Morgan fingerprint density at radius 3 is 3.19 bits per heavy atom. The van der Waals surface area contributed by atoms with E-state index in [2.05, 4.69) is 16.8 Å². The van der Waals surface area contributed by atoms with Gasteiger partial charge in [-0.15, -0.1) is 0 Å². The Hall–Kier alpha value is -1.23. The Labute approximate surface area is 95.9 Å². The van der Waals surface area contributed by atoms with Crippen LogP contribution in [0.2, 0.25) is 0 Å². The molecule has 84 valence electrons. The molecular formula is C11H15BN2O2. The predicted molar refractivity (Wildman–Crippen MR) is 60.9 cm³/mol. The summed E-state index contributed by atoms with van der Waals surface area (Å²) in [6.45, 7) is 3.03. The Kier molecular flexibility index (Phi) is 3.34. The molecule has 1 atom stereocenters. The second-order valence-corrected chi connectivity index (χ2v) is 4.01. The summed E-state index contributed by atoms with van der Waals surface area (Å²) < 4.78 is 15.7. The zero-order valence-electron chi connectivity index (χ0n) is 9.64. The zero-order chi connectivity index (χ0) is 11.5. The fourth-order valence-corrected chi connectivity index (χ4v) is 2.19. The molecule has 0 N–H and O–H groups in total. The van der Waals surface area contributed by atoms with Crippen LogP contribution >= 0.6 is 0 Å². The van der Waals surface area contributed by atoms with Crippen LogP contribution in [0.25, 0.3) is 0 Å². The van der Waals surface area contributed by atoms with Gasteiger partial charge in [-0.2, -0.15) is 0 Å². The molecule has 0 bridgehead atoms. The first-order chi connectivity index (χ1) is 7.76. The first kappa shape index (κ1) is 11.3. The molecule has 0 saturated heterocycles. The van der Waals surface area contributed by atoms with Gasteiger partial charge in [0.2, 0.25) is 0 Å². The summed E-state index contributed by atoms with van der Waals surface area (Å²) in [6.07, 6.45) is 3.32. The third kappa shape index (κ3) is 2.00. The van der Waals surface area contributed by atoms with Gasteiger partial charge in [0.1, 0.15) is 0 Å². The fourth-order valence-electron chi connectivity index (χ4n) is 2.19. The molecule has 0 saturated carbocycles. The summed E-state index contributed by atoms with van der Waals surface area (Å²) in [5.41, 5.74) is 2.48. The van der Waals surface area contributed by atoms with E-state index in [4.69, 9.17) is 4.74 Å². The maximum atomic E-state index is 10.6. The summed E-state index contributed by atoms with van der Waals surface area (Å²) in [4.78, 5) is 6.37. The molecule has 1 aliphatic heterocycles. The molecule has 2 heterocycles. The van der Waals surface area contributed by atoms with Gasteiger partial charge in [-0.25, -0.2) is 0 Å². The number of pyridine rings is 1. The van der Waals surface area contributed by atoms with Gasteiger partial charge in [-0.3, -0.25) is 0 Å². The van der Waals surface area contributed by atoms with E-state index < -0.39 is 0 Å². The molecule has 4 nitrogen and oxygen atoms in total. The van der Waals surface area contributed by atoms with E-state index in [-0.39, 0.29) is 6.04 Å². The van der Waals surface area contributed by atoms with Crippen LogP contribution in [0.3, 0.4) is 0 Å². The van der Waals surface area contributed by atoms with Gasteiger partial charge in [-0.1, -0.05) is 0 Å². The van der Waals surface area contributed by atoms with Crippen LogP contribution in [0.1, 0.15) is 24.1 Å². The Morgan fingerprint density at radius 2 is 2.50 bits per heavy atom. The van der Waals surface area contributed by atoms with Crippen LogP contribution in [-0.2, 0) is 11.1 Å². The second-order valence-electron chi connectivity index (χ2n) is 4.01. The molecule has 2 rings (SSSR count). The van der Waals surface area contributed by atoms with E-state index >= 15 is 0 Å². The summed E-state index contributed by atoms with van der Waals surface area (Å²) in [5.74, 6) is 0.638. The average Bonchev–Trinajstić information content (AvgIpc) is 2.33. The van der Waals surface area contributed by atoms with Crippen molar-refractivity contribution in [2.24, 2.45) is 0 Å². The average molecular weight is 218 g/mol. The monoisotopic (exact) mass is 218 g/mol. The van der Waals surface area contributed by atoms with Crippen LogP contribution in [0.5, 0.6) is 5.88 Å². The van der Waals surface area contributed by atoms with Gasteiger partial charge in [0.15, 0.2) is 0 Å². The number of aromatic nitrogens is 1. The van der Waals surface area contributed by atoms with Crippen molar-refractivity contribution < 1.29 is 9.44 Å². The van der Waals surface area contributed by atoms with Crippen molar-refractivity contribution in [3.63, 3.8) is 0 Å². The van der Waals surface area contributed by atoms with Crippen molar-refractivity contribution in [1.82, 2.24) is 9.88 Å². The quantitative estimate of drug-likeness (QED) is 0.710. The van der Waals surface area contributed by atoms with E-state index in [1.54, 1.807) is 7.11 Å². The SMILES string of the molecule is COc1cc2c(cn1)CCN(CB=O)C2C. The van der Waals surface area contributed by atoms with Crippen LogP contribution in [0.15, 0.2) is 12.3 Å². The normalized spacial score (nSPS) is 20.0. The molecule has 0 amide bonds. The first-order valence-corrected chi connectivity index (χ1v) is 5.46. The topological polar surface area (TPSA) is 42.4 Å². The molecule has 0 spiro atoms. The van der Waals surface area contributed by atoms with Crippen molar-refractivity contribution >= 4 is 7.15 Å². The molecule has 1 aromatic heterocycles. The maximum absolute atomic E-state index is 10.6. The van der Waals surface area contributed by atoms with Gasteiger partial charge >= 0.3 is 95.2 Å². The molecule has 0 aromatic carbocycles. The third-order valence-corrected chi connectivity index (χ3v) is 3.18. The van der Waals surface area contributed by atoms with Crippen LogP contribution in [0, 0.1) is 0 Å². The summed E-state index contributed by atoms with van der Waals surface area (Å²) in [5, 5.41) is 0. The number of ether oxygens (including phenoxy) is 1. The Balaban J connectivity index is 2.30. The van der Waals surface area contributed by atoms with E-state index in [1.165, 1.54) is 11.1 Å². The van der Waals surface area contributed by atoms with Crippen molar-refractivity contribution in [1.29, 1.82) is 0 Å². The molecule has 0 radical (unpaired) electrons. The van der Waals surface area contributed by atoms with Crippen molar-refractivity contribution in [3.8, 4) is 5.88 Å². The molecular weight excluding hydrogens is 203 g/mol. The first-order valence-electron chi connectivity index (χ1n) is 5.46. The number of methoxy groups -OCH3 is 1. The van der Waals surface area contributed by atoms with Crippen LogP contribution < -0.4 is 4.74 Å². The number of hydrogen-bond acceptors (Lipinski definition) is 4. The summed E-state index contributed by atoms with van der Waals surface area (Å²) in [7, 11) is 2.57. The fraction of sp³-hybridized carbons (Fsp3) is 0.545. The van der Waals surface area contributed by atoms with Gasteiger partial charge < -0.3 is 0 Å². The third-order valence-electron chi connectivity index (χ3n) is 3.18. The molecule has 5 heteroatoms. The van der Waals surface area contributed by atoms with Crippen LogP contribution in [0.4, 0.5) is 0 Å². The summed E-state index contributed by atoms with van der Waals surface area (Å²) >= 11 is 0. The van der Waals surface area contributed by atoms with E-state index in [9.17, 15) is 4.70 Å². The molecule has 1 unspecified atom stereocenters. The van der Waals surface area contributed by atoms with Crippen molar-refractivity contribution in [2.75, 3.05) is 20.1 Å². The number of hydrogen-bond donors (Lipinski definition) is 0.